The first-order chi connectivity index (χ1) is 10.6. The fourth-order valence-electron chi connectivity index (χ4n) is 2.31. The lowest BCUT2D eigenvalue weighted by molar-refractivity contribution is 0.534. The number of hydrogen-bond donors (Lipinski definition) is 3. The van der Waals surface area contributed by atoms with Crippen LogP contribution in [0.15, 0.2) is 11.2 Å². The summed E-state index contributed by atoms with van der Waals surface area (Å²) >= 11 is 0. The van der Waals surface area contributed by atoms with E-state index in [1.165, 1.54) is 30.5 Å². The minimum absolute atomic E-state index is 0. The summed E-state index contributed by atoms with van der Waals surface area (Å²) in [7, 11) is 0. The fraction of sp³-hybridized carbons (Fsp3) is 0.765. The number of aryl methyl sites for hydroxylation is 2. The van der Waals surface area contributed by atoms with E-state index < -0.39 is 0 Å². The Kier molecular flexibility index (Phi) is 13.2. The van der Waals surface area contributed by atoms with Gasteiger partial charge in [0.2, 0.25) is 0 Å². The first-order valence-electron chi connectivity index (χ1n) is 8.64. The molecule has 0 unspecified atom stereocenters. The molecule has 0 radical (unpaired) electrons. The van der Waals surface area contributed by atoms with Crippen LogP contribution in [0, 0.1) is 12.8 Å². The Morgan fingerprint density at radius 3 is 2.65 bits per heavy atom. The Balaban J connectivity index is 0.00000484. The largest absolute Gasteiger partial charge is 0.357 e. The Morgan fingerprint density at radius 2 is 2.04 bits per heavy atom. The molecule has 1 aromatic heterocycles. The zero-order valence-corrected chi connectivity index (χ0v) is 17.4. The lowest BCUT2D eigenvalue weighted by Crippen LogP contribution is -2.37. The van der Waals surface area contributed by atoms with E-state index in [0.717, 1.165) is 44.4 Å². The molecule has 6 heteroatoms. The number of guanidine groups is 1. The van der Waals surface area contributed by atoms with Crippen LogP contribution in [0.5, 0.6) is 0 Å². The van der Waals surface area contributed by atoms with Gasteiger partial charge < -0.3 is 10.6 Å². The van der Waals surface area contributed by atoms with Gasteiger partial charge in [-0.15, -0.1) is 24.0 Å². The second kappa shape index (κ2) is 13.6. The summed E-state index contributed by atoms with van der Waals surface area (Å²) in [6.45, 7) is 11.5. The van der Waals surface area contributed by atoms with Gasteiger partial charge in [-0.1, -0.05) is 26.7 Å². The molecule has 0 aliphatic carbocycles. The molecule has 0 saturated carbocycles. The fourth-order valence-corrected chi connectivity index (χ4v) is 2.31. The molecule has 0 bridgehead atoms. The van der Waals surface area contributed by atoms with Crippen molar-refractivity contribution in [3.63, 3.8) is 0 Å². The van der Waals surface area contributed by atoms with Gasteiger partial charge in [-0.2, -0.15) is 5.10 Å². The van der Waals surface area contributed by atoms with E-state index >= 15 is 0 Å². The molecule has 23 heavy (non-hydrogen) atoms. The maximum atomic E-state index is 4.64. The van der Waals surface area contributed by atoms with Gasteiger partial charge >= 0.3 is 0 Å². The molecule has 0 fully saturated rings. The first kappa shape index (κ1) is 22.2. The third-order valence-electron chi connectivity index (χ3n) is 3.65. The molecule has 0 spiro atoms. The third-order valence-corrected chi connectivity index (χ3v) is 3.65. The molecule has 5 nitrogen and oxygen atoms in total. The summed E-state index contributed by atoms with van der Waals surface area (Å²) in [5.41, 5.74) is 2.46. The van der Waals surface area contributed by atoms with Gasteiger partial charge in [0.05, 0.1) is 6.20 Å². The van der Waals surface area contributed by atoms with E-state index in [4.69, 9.17) is 0 Å². The van der Waals surface area contributed by atoms with Crippen LogP contribution in [-0.4, -0.2) is 35.8 Å². The summed E-state index contributed by atoms with van der Waals surface area (Å²) in [5.74, 6) is 1.74. The average Bonchev–Trinajstić information content (AvgIpc) is 2.88. The van der Waals surface area contributed by atoms with E-state index in [-0.39, 0.29) is 24.0 Å². The number of aromatic nitrogens is 2. The van der Waals surface area contributed by atoms with Crippen LogP contribution in [0.4, 0.5) is 0 Å². The highest BCUT2D eigenvalue weighted by Crippen LogP contribution is 2.06. The maximum absolute atomic E-state index is 4.64. The van der Waals surface area contributed by atoms with Crippen LogP contribution in [0.2, 0.25) is 0 Å². The lowest BCUT2D eigenvalue weighted by atomic mass is 10.1. The van der Waals surface area contributed by atoms with E-state index in [9.17, 15) is 0 Å². The predicted molar refractivity (Wildman–Crippen MR) is 110 cm³/mol. The second-order valence-corrected chi connectivity index (χ2v) is 6.20. The number of nitrogens with zero attached hydrogens (tertiary/aromatic N) is 2. The maximum Gasteiger partial charge on any atom is 0.191 e. The molecule has 1 aromatic rings. The first-order valence-corrected chi connectivity index (χ1v) is 8.64. The topological polar surface area (TPSA) is 65.1 Å². The van der Waals surface area contributed by atoms with Crippen molar-refractivity contribution in [1.82, 2.24) is 20.8 Å². The number of aromatic amines is 1. The van der Waals surface area contributed by atoms with Crippen molar-refractivity contribution in [3.8, 4) is 0 Å². The van der Waals surface area contributed by atoms with E-state index in [2.05, 4.69) is 53.5 Å². The van der Waals surface area contributed by atoms with Crippen LogP contribution in [0.3, 0.4) is 0 Å². The molecule has 0 atom stereocenters. The summed E-state index contributed by atoms with van der Waals surface area (Å²) in [4.78, 5) is 4.64. The van der Waals surface area contributed by atoms with Gasteiger partial charge in [0.15, 0.2) is 5.96 Å². The number of rotatable bonds is 10. The van der Waals surface area contributed by atoms with Crippen molar-refractivity contribution in [2.75, 3.05) is 19.6 Å². The number of unbranched alkanes of at least 4 members (excludes halogenated alkanes) is 1. The number of H-pyrrole nitrogens is 1. The van der Waals surface area contributed by atoms with Crippen LogP contribution < -0.4 is 10.6 Å². The minimum atomic E-state index is 0. The molecule has 1 heterocycles. The van der Waals surface area contributed by atoms with Gasteiger partial charge in [0.1, 0.15) is 0 Å². The second-order valence-electron chi connectivity index (χ2n) is 6.20. The molecule has 0 aliphatic rings. The van der Waals surface area contributed by atoms with Crippen molar-refractivity contribution in [3.05, 3.63) is 17.5 Å². The Bertz CT molecular complexity index is 428. The van der Waals surface area contributed by atoms with Crippen molar-refractivity contribution >= 4 is 29.9 Å². The smallest absolute Gasteiger partial charge is 0.191 e. The third kappa shape index (κ3) is 10.6. The van der Waals surface area contributed by atoms with Crippen LogP contribution >= 0.6 is 24.0 Å². The molecule has 0 amide bonds. The van der Waals surface area contributed by atoms with Gasteiger partial charge in [-0.25, -0.2) is 0 Å². The van der Waals surface area contributed by atoms with Gasteiger partial charge in [0.25, 0.3) is 0 Å². The van der Waals surface area contributed by atoms with E-state index in [1.54, 1.807) is 0 Å². The Morgan fingerprint density at radius 1 is 1.26 bits per heavy atom. The normalized spacial score (nSPS) is 11.4. The molecular formula is C17H34IN5. The minimum Gasteiger partial charge on any atom is -0.357 e. The number of halogens is 1. The summed E-state index contributed by atoms with van der Waals surface area (Å²) in [6.07, 6.45) is 7.78. The zero-order valence-electron chi connectivity index (χ0n) is 15.1. The molecule has 1 rings (SSSR count). The average molecular weight is 435 g/mol. The highest BCUT2D eigenvalue weighted by Gasteiger charge is 2.01. The molecule has 0 saturated heterocycles. The predicted octanol–water partition coefficient (Wildman–Crippen LogP) is 3.65. The quantitative estimate of drug-likeness (QED) is 0.228. The van der Waals surface area contributed by atoms with Crippen LogP contribution in [0.25, 0.3) is 0 Å². The van der Waals surface area contributed by atoms with Crippen LogP contribution in [0.1, 0.15) is 57.7 Å². The highest BCUT2D eigenvalue weighted by atomic mass is 127. The SMILES string of the molecule is CCNC(=NCCCc1cn[nH]c1C)NCCCCC(C)C.I. The number of aliphatic imine (C=N–C) groups is 1. The van der Waals surface area contributed by atoms with Gasteiger partial charge in [-0.3, -0.25) is 10.1 Å². The van der Waals surface area contributed by atoms with Crippen molar-refractivity contribution in [2.45, 2.75) is 59.8 Å². The number of nitrogens with one attached hydrogen (secondary N) is 3. The van der Waals surface area contributed by atoms with Gasteiger partial charge in [-0.05, 0) is 44.6 Å². The monoisotopic (exact) mass is 435 g/mol. The van der Waals surface area contributed by atoms with Crippen molar-refractivity contribution < 1.29 is 0 Å². The van der Waals surface area contributed by atoms with E-state index in [1.807, 2.05) is 6.20 Å². The van der Waals surface area contributed by atoms with Gasteiger partial charge in [0, 0.05) is 25.3 Å². The van der Waals surface area contributed by atoms with Crippen molar-refractivity contribution in [2.24, 2.45) is 10.9 Å². The zero-order chi connectivity index (χ0) is 16.2. The van der Waals surface area contributed by atoms with E-state index in [0.29, 0.717) is 0 Å². The molecular weight excluding hydrogens is 401 g/mol. The highest BCUT2D eigenvalue weighted by molar-refractivity contribution is 14.0. The molecule has 134 valence electrons. The summed E-state index contributed by atoms with van der Waals surface area (Å²) in [5, 5.41) is 13.8. The van der Waals surface area contributed by atoms with Crippen molar-refractivity contribution in [1.29, 1.82) is 0 Å². The standard InChI is InChI=1S/C17H33N5.HI/c1-5-18-17(19-11-7-6-9-14(2)3)20-12-8-10-16-13-21-22-15(16)4;/h13-14H,5-12H2,1-4H3,(H,21,22)(H2,18,19,20);1H. The lowest BCUT2D eigenvalue weighted by Gasteiger charge is -2.11. The Labute approximate surface area is 158 Å². The molecule has 0 aliphatic heterocycles. The summed E-state index contributed by atoms with van der Waals surface area (Å²) in [6, 6.07) is 0. The molecule has 3 N–H and O–H groups in total. The van der Waals surface area contributed by atoms with Crippen LogP contribution in [-0.2, 0) is 6.42 Å². The number of hydrogen-bond acceptors (Lipinski definition) is 2. The molecule has 0 aromatic carbocycles. The Hall–Kier alpha value is -0.790. The summed E-state index contributed by atoms with van der Waals surface area (Å²) < 4.78 is 0.